The summed E-state index contributed by atoms with van der Waals surface area (Å²) in [5.74, 6) is -0.662. The molecule has 1 aliphatic heterocycles. The fourth-order valence-electron chi connectivity index (χ4n) is 2.63. The zero-order valence-electron chi connectivity index (χ0n) is 13.9. The number of ketones is 1. The molecule has 25 heavy (non-hydrogen) atoms. The van der Waals surface area contributed by atoms with Gasteiger partial charge in [-0.05, 0) is 30.0 Å². The van der Waals surface area contributed by atoms with Crippen LogP contribution in [-0.4, -0.2) is 35.2 Å². The van der Waals surface area contributed by atoms with Crippen LogP contribution in [-0.2, 0) is 22.2 Å². The van der Waals surface area contributed by atoms with Crippen molar-refractivity contribution in [1.82, 2.24) is 10.2 Å². The molecule has 1 saturated heterocycles. The van der Waals surface area contributed by atoms with Crippen molar-refractivity contribution < 1.29 is 27.6 Å². The number of benzene rings is 1. The highest BCUT2D eigenvalue weighted by molar-refractivity contribution is 6.06. The number of carbonyl (C=O) groups is 3. The van der Waals surface area contributed by atoms with Crippen LogP contribution in [0.2, 0.25) is 0 Å². The predicted octanol–water partition coefficient (Wildman–Crippen LogP) is 2.78. The van der Waals surface area contributed by atoms with Crippen molar-refractivity contribution in [3.8, 4) is 0 Å². The first-order chi connectivity index (χ1) is 11.6. The molecule has 2 rings (SSSR count). The van der Waals surface area contributed by atoms with Gasteiger partial charge in [0, 0.05) is 6.42 Å². The number of hydrogen-bond acceptors (Lipinski definition) is 3. The Kier molecular flexibility index (Phi) is 5.49. The fourth-order valence-corrected chi connectivity index (χ4v) is 2.63. The van der Waals surface area contributed by atoms with E-state index >= 15 is 0 Å². The number of hydrogen-bond donors (Lipinski definition) is 1. The topological polar surface area (TPSA) is 66.5 Å². The van der Waals surface area contributed by atoms with E-state index in [9.17, 15) is 27.6 Å². The lowest BCUT2D eigenvalue weighted by Gasteiger charge is -2.13. The van der Waals surface area contributed by atoms with Crippen LogP contribution in [0.5, 0.6) is 0 Å². The van der Waals surface area contributed by atoms with E-state index in [0.717, 1.165) is 17.0 Å². The summed E-state index contributed by atoms with van der Waals surface area (Å²) in [4.78, 5) is 36.9. The van der Waals surface area contributed by atoms with Gasteiger partial charge in [0.05, 0.1) is 12.1 Å². The van der Waals surface area contributed by atoms with Gasteiger partial charge in [0.1, 0.15) is 6.04 Å². The van der Waals surface area contributed by atoms with Crippen LogP contribution < -0.4 is 5.32 Å². The molecule has 0 spiro atoms. The van der Waals surface area contributed by atoms with Gasteiger partial charge in [-0.3, -0.25) is 14.5 Å². The lowest BCUT2D eigenvalue weighted by molar-refractivity contribution is -0.137. The average Bonchev–Trinajstić information content (AvgIpc) is 2.74. The number of amides is 3. The maximum atomic E-state index is 12.5. The third-order valence-electron chi connectivity index (χ3n) is 3.83. The van der Waals surface area contributed by atoms with Crippen LogP contribution in [0.4, 0.5) is 18.0 Å². The molecule has 0 aliphatic carbocycles. The summed E-state index contributed by atoms with van der Waals surface area (Å²) < 4.78 is 37.5. The average molecular weight is 356 g/mol. The number of carbonyl (C=O) groups excluding carboxylic acids is 3. The number of nitrogens with one attached hydrogen (secondary N) is 1. The second-order valence-electron chi connectivity index (χ2n) is 6.47. The number of nitrogens with zero attached hydrogens (tertiary/aromatic N) is 1. The number of halogens is 3. The van der Waals surface area contributed by atoms with E-state index in [-0.39, 0.29) is 18.9 Å². The summed E-state index contributed by atoms with van der Waals surface area (Å²) in [6.45, 7) is 3.44. The first-order valence-corrected chi connectivity index (χ1v) is 7.87. The highest BCUT2D eigenvalue weighted by atomic mass is 19.4. The molecule has 3 amide bonds. The van der Waals surface area contributed by atoms with Crippen LogP contribution in [0.25, 0.3) is 0 Å². The van der Waals surface area contributed by atoms with E-state index in [1.807, 2.05) is 13.8 Å². The fraction of sp³-hybridized carbons (Fsp3) is 0.471. The second kappa shape index (κ2) is 7.25. The molecular weight excluding hydrogens is 337 g/mol. The molecule has 0 bridgehead atoms. The minimum Gasteiger partial charge on any atom is -0.326 e. The molecule has 136 valence electrons. The Bertz CT molecular complexity index is 669. The molecule has 1 atom stereocenters. The van der Waals surface area contributed by atoms with Crippen molar-refractivity contribution in [2.24, 2.45) is 5.92 Å². The highest BCUT2D eigenvalue weighted by Crippen LogP contribution is 2.29. The largest absolute Gasteiger partial charge is 0.416 e. The molecular formula is C17H19F3N2O3. The molecule has 1 unspecified atom stereocenters. The predicted molar refractivity (Wildman–Crippen MR) is 83.6 cm³/mol. The number of rotatable bonds is 6. The Morgan fingerprint density at radius 3 is 2.32 bits per heavy atom. The zero-order chi connectivity index (χ0) is 18.8. The molecule has 5 nitrogen and oxygen atoms in total. The summed E-state index contributed by atoms with van der Waals surface area (Å²) in [5, 5.41) is 2.54. The molecule has 1 fully saturated rings. The Balaban J connectivity index is 1.96. The lowest BCUT2D eigenvalue weighted by Crippen LogP contribution is -2.36. The summed E-state index contributed by atoms with van der Waals surface area (Å²) in [6, 6.07) is 2.98. The number of Topliss-reactive ketones (excluding diaryl/α,β-unsaturated/α-hetero) is 1. The smallest absolute Gasteiger partial charge is 0.326 e. The molecule has 0 aromatic heterocycles. The van der Waals surface area contributed by atoms with Gasteiger partial charge in [0.25, 0.3) is 5.91 Å². The molecule has 1 heterocycles. The SMILES string of the molecule is CC(C)CC1NC(=O)N(CC(=O)Cc2ccc(C(F)(F)F)cc2)C1=O. The monoisotopic (exact) mass is 356 g/mol. The van der Waals surface area contributed by atoms with Gasteiger partial charge in [-0.1, -0.05) is 26.0 Å². The van der Waals surface area contributed by atoms with Crippen molar-refractivity contribution in [2.45, 2.75) is 38.9 Å². The zero-order valence-corrected chi connectivity index (χ0v) is 13.9. The Hall–Kier alpha value is -2.38. The van der Waals surface area contributed by atoms with Crippen LogP contribution >= 0.6 is 0 Å². The summed E-state index contributed by atoms with van der Waals surface area (Å²) in [5.41, 5.74) is -0.405. The van der Waals surface area contributed by atoms with Gasteiger partial charge in [-0.15, -0.1) is 0 Å². The van der Waals surface area contributed by atoms with Crippen molar-refractivity contribution >= 4 is 17.7 Å². The Morgan fingerprint density at radius 2 is 1.80 bits per heavy atom. The number of imide groups is 1. The van der Waals surface area contributed by atoms with Crippen molar-refractivity contribution in [3.05, 3.63) is 35.4 Å². The van der Waals surface area contributed by atoms with E-state index in [4.69, 9.17) is 0 Å². The normalized spacial score (nSPS) is 18.0. The minimum absolute atomic E-state index is 0.149. The van der Waals surface area contributed by atoms with Gasteiger partial charge in [0.2, 0.25) is 0 Å². The highest BCUT2D eigenvalue weighted by Gasteiger charge is 2.38. The molecule has 1 aromatic carbocycles. The van der Waals surface area contributed by atoms with E-state index in [1.54, 1.807) is 0 Å². The number of urea groups is 1. The standard InChI is InChI=1S/C17H19F3N2O3/c1-10(2)7-14-15(24)22(16(25)21-14)9-13(23)8-11-3-5-12(6-4-11)17(18,19)20/h3-6,10,14H,7-9H2,1-2H3,(H,21,25). The van der Waals surface area contributed by atoms with Gasteiger partial charge in [0.15, 0.2) is 5.78 Å². The van der Waals surface area contributed by atoms with E-state index in [1.165, 1.54) is 12.1 Å². The molecule has 8 heteroatoms. The van der Waals surface area contributed by atoms with Gasteiger partial charge in [-0.25, -0.2) is 4.79 Å². The van der Waals surface area contributed by atoms with Gasteiger partial charge < -0.3 is 5.32 Å². The maximum absolute atomic E-state index is 12.5. The Labute approximate surface area is 143 Å². The van der Waals surface area contributed by atoms with Crippen LogP contribution in [0.1, 0.15) is 31.4 Å². The number of alkyl halides is 3. The quantitative estimate of drug-likeness (QED) is 0.797. The van der Waals surface area contributed by atoms with Crippen LogP contribution in [0.3, 0.4) is 0 Å². The lowest BCUT2D eigenvalue weighted by atomic mass is 10.0. The van der Waals surface area contributed by atoms with Crippen molar-refractivity contribution in [3.63, 3.8) is 0 Å². The Morgan fingerprint density at radius 1 is 1.20 bits per heavy atom. The molecule has 1 aromatic rings. The second-order valence-corrected chi connectivity index (χ2v) is 6.47. The van der Waals surface area contributed by atoms with E-state index in [2.05, 4.69) is 5.32 Å². The van der Waals surface area contributed by atoms with Gasteiger partial charge >= 0.3 is 12.2 Å². The third-order valence-corrected chi connectivity index (χ3v) is 3.83. The molecule has 1 aliphatic rings. The first-order valence-electron chi connectivity index (χ1n) is 7.87. The maximum Gasteiger partial charge on any atom is 0.416 e. The van der Waals surface area contributed by atoms with E-state index in [0.29, 0.717) is 12.0 Å². The summed E-state index contributed by atoms with van der Waals surface area (Å²) in [6.07, 6.45) is -4.10. The molecule has 0 radical (unpaired) electrons. The first kappa shape index (κ1) is 19.0. The van der Waals surface area contributed by atoms with Crippen molar-refractivity contribution in [1.29, 1.82) is 0 Å². The minimum atomic E-state index is -4.44. The van der Waals surface area contributed by atoms with Gasteiger partial charge in [-0.2, -0.15) is 13.2 Å². The third kappa shape index (κ3) is 4.80. The van der Waals surface area contributed by atoms with Crippen molar-refractivity contribution in [2.75, 3.05) is 6.54 Å². The molecule has 0 saturated carbocycles. The van der Waals surface area contributed by atoms with E-state index < -0.39 is 35.5 Å². The van der Waals surface area contributed by atoms with Crippen LogP contribution in [0.15, 0.2) is 24.3 Å². The summed E-state index contributed by atoms with van der Waals surface area (Å²) >= 11 is 0. The van der Waals surface area contributed by atoms with Crippen LogP contribution in [0, 0.1) is 5.92 Å². The molecule has 1 N–H and O–H groups in total. The summed E-state index contributed by atoms with van der Waals surface area (Å²) in [7, 11) is 0.